The number of non-ortho nitro benzene ring substituents is 1. The monoisotopic (exact) mass is 421 g/mol. The Labute approximate surface area is 157 Å². The normalized spacial score (nSPS) is 22.1. The number of nitro benzene ring substituents is 1. The molecule has 148 valence electrons. The first-order valence-corrected chi connectivity index (χ1v) is 9.82. The number of benzene rings is 1. The Bertz CT molecular complexity index is 858. The van der Waals surface area contributed by atoms with E-state index < -0.39 is 38.3 Å². The molecule has 1 saturated heterocycles. The van der Waals surface area contributed by atoms with Crippen molar-refractivity contribution < 1.29 is 37.0 Å². The molecule has 2 rings (SSSR count). The Morgan fingerprint density at radius 3 is 2.48 bits per heavy atom. The second-order valence-corrected chi connectivity index (χ2v) is 7.44. The summed E-state index contributed by atoms with van der Waals surface area (Å²) in [7, 11) is -3.74. The number of thioether (sulfide) groups is 1. The SMILES string of the molecule is CO[C@@]1(NC(=O)OCc2ccc([N+](=O)[O-])cc2)C(=O)N(S(=O)(=O)O)[C@H]1SC. The van der Waals surface area contributed by atoms with E-state index in [0.29, 0.717) is 5.56 Å². The third-order valence-electron chi connectivity index (χ3n) is 3.68. The Balaban J connectivity index is 2.04. The zero-order valence-corrected chi connectivity index (χ0v) is 15.7. The Morgan fingerprint density at radius 2 is 2.04 bits per heavy atom. The van der Waals surface area contributed by atoms with E-state index in [9.17, 15) is 28.1 Å². The van der Waals surface area contributed by atoms with Crippen LogP contribution in [0.4, 0.5) is 10.5 Å². The van der Waals surface area contributed by atoms with Crippen molar-refractivity contribution in [2.45, 2.75) is 17.7 Å². The number of carbonyl (C=O) groups excluding carboxylic acids is 2. The number of nitrogens with one attached hydrogen (secondary N) is 1. The Morgan fingerprint density at radius 1 is 1.44 bits per heavy atom. The van der Waals surface area contributed by atoms with Crippen LogP contribution in [0.5, 0.6) is 0 Å². The van der Waals surface area contributed by atoms with Crippen molar-refractivity contribution in [1.29, 1.82) is 0 Å². The topological polar surface area (TPSA) is 165 Å². The van der Waals surface area contributed by atoms with Crippen molar-refractivity contribution in [3.8, 4) is 0 Å². The highest BCUT2D eigenvalue weighted by molar-refractivity contribution is 8.00. The van der Waals surface area contributed by atoms with Gasteiger partial charge in [0.2, 0.25) is 0 Å². The molecule has 0 saturated carbocycles. The highest BCUT2D eigenvalue weighted by atomic mass is 32.2. The molecular formula is C13H15N3O9S2. The first-order valence-electron chi connectivity index (χ1n) is 7.14. The van der Waals surface area contributed by atoms with Gasteiger partial charge in [0, 0.05) is 19.2 Å². The van der Waals surface area contributed by atoms with Gasteiger partial charge in [-0.3, -0.25) is 24.8 Å². The number of nitro groups is 1. The summed E-state index contributed by atoms with van der Waals surface area (Å²) in [6.45, 7) is -0.260. The molecule has 1 aromatic carbocycles. The van der Waals surface area contributed by atoms with Crippen LogP contribution in [0.1, 0.15) is 5.56 Å². The van der Waals surface area contributed by atoms with Crippen LogP contribution in [0, 0.1) is 10.1 Å². The summed E-state index contributed by atoms with van der Waals surface area (Å²) in [5, 5.41) is 11.5. The summed E-state index contributed by atoms with van der Waals surface area (Å²) in [4.78, 5) is 34.2. The van der Waals surface area contributed by atoms with Gasteiger partial charge in [-0.2, -0.15) is 12.7 Å². The largest absolute Gasteiger partial charge is 0.445 e. The zero-order valence-electron chi connectivity index (χ0n) is 14.0. The van der Waals surface area contributed by atoms with Crippen LogP contribution in [-0.4, -0.2) is 58.7 Å². The van der Waals surface area contributed by atoms with Gasteiger partial charge in [0.05, 0.1) is 4.92 Å². The molecule has 1 fully saturated rings. The second kappa shape index (κ2) is 7.67. The molecule has 27 heavy (non-hydrogen) atoms. The van der Waals surface area contributed by atoms with E-state index >= 15 is 0 Å². The molecule has 2 N–H and O–H groups in total. The molecule has 1 aliphatic heterocycles. The predicted molar refractivity (Wildman–Crippen MR) is 91.9 cm³/mol. The highest BCUT2D eigenvalue weighted by Gasteiger charge is 2.67. The van der Waals surface area contributed by atoms with E-state index in [1.165, 1.54) is 30.5 Å². The molecule has 0 aromatic heterocycles. The third-order valence-corrected chi connectivity index (χ3v) is 5.67. The van der Waals surface area contributed by atoms with E-state index in [1.807, 2.05) is 0 Å². The van der Waals surface area contributed by atoms with Gasteiger partial charge in [-0.15, -0.1) is 11.8 Å². The van der Waals surface area contributed by atoms with E-state index in [0.717, 1.165) is 18.9 Å². The maximum atomic E-state index is 12.2. The maximum absolute atomic E-state index is 12.2. The number of amides is 2. The van der Waals surface area contributed by atoms with Crippen molar-refractivity contribution in [2.75, 3.05) is 13.4 Å². The lowest BCUT2D eigenvalue weighted by Gasteiger charge is -2.50. The predicted octanol–water partition coefficient (Wildman–Crippen LogP) is 0.498. The highest BCUT2D eigenvalue weighted by Crippen LogP contribution is 2.40. The van der Waals surface area contributed by atoms with Gasteiger partial charge in [-0.1, -0.05) is 0 Å². The van der Waals surface area contributed by atoms with Crippen LogP contribution in [-0.2, 0) is 31.2 Å². The summed E-state index contributed by atoms with van der Waals surface area (Å²) in [6, 6.07) is 5.24. The van der Waals surface area contributed by atoms with E-state index in [1.54, 1.807) is 0 Å². The maximum Gasteiger partial charge on any atom is 0.410 e. The number of hydrogen-bond donors (Lipinski definition) is 2. The van der Waals surface area contributed by atoms with Crippen molar-refractivity contribution in [3.63, 3.8) is 0 Å². The van der Waals surface area contributed by atoms with Crippen molar-refractivity contribution in [1.82, 2.24) is 9.62 Å². The van der Waals surface area contributed by atoms with Crippen molar-refractivity contribution >= 4 is 39.8 Å². The average molecular weight is 421 g/mol. The third kappa shape index (κ3) is 3.97. The number of alkyl carbamates (subject to hydrolysis) is 1. The lowest BCUT2D eigenvalue weighted by molar-refractivity contribution is -0.384. The van der Waals surface area contributed by atoms with Crippen LogP contribution < -0.4 is 5.32 Å². The molecule has 1 heterocycles. The number of nitrogens with zero attached hydrogens (tertiary/aromatic N) is 2. The molecule has 1 aromatic rings. The van der Waals surface area contributed by atoms with Crippen LogP contribution in [0.25, 0.3) is 0 Å². The van der Waals surface area contributed by atoms with Gasteiger partial charge < -0.3 is 9.47 Å². The minimum absolute atomic E-state index is 0.130. The second-order valence-electron chi connectivity index (χ2n) is 5.23. The van der Waals surface area contributed by atoms with E-state index in [-0.39, 0.29) is 16.6 Å². The number of carbonyl (C=O) groups is 2. The fourth-order valence-electron chi connectivity index (χ4n) is 2.37. The molecule has 0 radical (unpaired) electrons. The van der Waals surface area contributed by atoms with Gasteiger partial charge in [0.15, 0.2) is 5.37 Å². The summed E-state index contributed by atoms with van der Waals surface area (Å²) < 4.78 is 41.8. The average Bonchev–Trinajstić information content (AvgIpc) is 2.60. The molecule has 0 spiro atoms. The first kappa shape index (κ1) is 20.9. The quantitative estimate of drug-likeness (QED) is 0.208. The first-order chi connectivity index (χ1) is 12.6. The fourth-order valence-corrected chi connectivity index (χ4v) is 4.56. The summed E-state index contributed by atoms with van der Waals surface area (Å²) in [5.74, 6) is -1.18. The van der Waals surface area contributed by atoms with Gasteiger partial charge in [0.1, 0.15) is 6.61 Å². The molecule has 1 aliphatic rings. The smallest absolute Gasteiger partial charge is 0.410 e. The van der Waals surface area contributed by atoms with Gasteiger partial charge in [-0.05, 0) is 24.0 Å². The molecule has 0 bridgehead atoms. The van der Waals surface area contributed by atoms with Gasteiger partial charge >= 0.3 is 16.4 Å². The minimum Gasteiger partial charge on any atom is -0.445 e. The Kier molecular flexibility index (Phi) is 5.94. The summed E-state index contributed by atoms with van der Waals surface area (Å²) >= 11 is 0.849. The van der Waals surface area contributed by atoms with Crippen LogP contribution in [0.2, 0.25) is 0 Å². The van der Waals surface area contributed by atoms with Crippen molar-refractivity contribution in [3.05, 3.63) is 39.9 Å². The standard InChI is InChI=1S/C13H15N3O9S2/c1-24-13(10(17)15(11(13)26-2)27(21,22)23)14-12(18)25-7-8-3-5-9(6-4-8)16(19)20/h3-6,11H,7H2,1-2H3,(H,14,18)(H,21,22,23)/t11-,13-/m0/s1. The summed E-state index contributed by atoms with van der Waals surface area (Å²) in [5.41, 5.74) is -1.71. The number of rotatable bonds is 7. The molecule has 12 nitrogen and oxygen atoms in total. The lowest BCUT2D eigenvalue weighted by Crippen LogP contribution is -2.80. The molecule has 2 atom stereocenters. The van der Waals surface area contributed by atoms with Gasteiger partial charge in [0.25, 0.3) is 17.3 Å². The fraction of sp³-hybridized carbons (Fsp3) is 0.385. The summed E-state index contributed by atoms with van der Waals surface area (Å²) in [6.07, 6.45) is 0.366. The van der Waals surface area contributed by atoms with Crippen LogP contribution in [0.3, 0.4) is 0 Å². The van der Waals surface area contributed by atoms with Crippen molar-refractivity contribution in [2.24, 2.45) is 0 Å². The number of ether oxygens (including phenoxy) is 2. The molecule has 0 unspecified atom stereocenters. The van der Waals surface area contributed by atoms with Crippen LogP contribution >= 0.6 is 11.8 Å². The minimum atomic E-state index is -4.82. The molecular weight excluding hydrogens is 406 g/mol. The van der Waals surface area contributed by atoms with E-state index in [2.05, 4.69) is 5.32 Å². The Hall–Kier alpha value is -2.42. The van der Waals surface area contributed by atoms with Crippen LogP contribution in [0.15, 0.2) is 24.3 Å². The van der Waals surface area contributed by atoms with E-state index in [4.69, 9.17) is 14.0 Å². The zero-order chi connectivity index (χ0) is 20.4. The molecule has 14 heteroatoms. The number of hydrogen-bond acceptors (Lipinski definition) is 9. The number of methoxy groups -OCH3 is 1. The van der Waals surface area contributed by atoms with Gasteiger partial charge in [-0.25, -0.2) is 4.79 Å². The molecule has 0 aliphatic carbocycles. The molecule has 2 amide bonds. The number of β-lactam (4-membered cyclic amide) rings is 1. The lowest BCUT2D eigenvalue weighted by atomic mass is 10.1.